The van der Waals surface area contributed by atoms with Gasteiger partial charge in [0, 0.05) is 10.9 Å². The van der Waals surface area contributed by atoms with E-state index in [1.54, 1.807) is 29.5 Å². The van der Waals surface area contributed by atoms with Crippen molar-refractivity contribution in [3.63, 3.8) is 0 Å². The summed E-state index contributed by atoms with van der Waals surface area (Å²) in [4.78, 5) is 2.84. The van der Waals surface area contributed by atoms with Gasteiger partial charge in [-0.1, -0.05) is 6.07 Å². The molecule has 0 saturated carbocycles. The van der Waals surface area contributed by atoms with Crippen molar-refractivity contribution in [2.45, 2.75) is 19.9 Å². The quantitative estimate of drug-likeness (QED) is 0.537. The van der Waals surface area contributed by atoms with Crippen molar-refractivity contribution in [1.29, 1.82) is 15.8 Å². The number of allylic oxidation sites excluding steroid dienone is 2. The summed E-state index contributed by atoms with van der Waals surface area (Å²) in [6.45, 7) is 4.28. The first-order valence-corrected chi connectivity index (χ1v) is 9.60. The molecule has 3 aromatic heterocycles. The fraction of sp³-hybridized carbons (Fsp3) is 0.150. The van der Waals surface area contributed by atoms with Crippen LogP contribution in [0.5, 0.6) is 0 Å². The molecule has 0 unspecified atom stereocenters. The molecule has 3 rings (SSSR count). The molecule has 126 valence electrons. The molecule has 0 radical (unpaired) electrons. The zero-order valence-electron chi connectivity index (χ0n) is 14.2. The van der Waals surface area contributed by atoms with Crippen LogP contribution in [0.25, 0.3) is 26.7 Å². The number of hydrogen-bond donors (Lipinski definition) is 0. The van der Waals surface area contributed by atoms with Crippen LogP contribution in [0.15, 0.2) is 47.4 Å². The fourth-order valence-corrected chi connectivity index (χ4v) is 4.59. The lowest BCUT2D eigenvalue weighted by molar-refractivity contribution is 0.617. The molecular weight excluding hydrogens is 360 g/mol. The van der Waals surface area contributed by atoms with Crippen molar-refractivity contribution >= 4 is 28.2 Å². The zero-order chi connectivity index (χ0) is 18.7. The maximum atomic E-state index is 9.36. The van der Waals surface area contributed by atoms with E-state index < -0.39 is 0 Å². The summed E-state index contributed by atoms with van der Waals surface area (Å²) >= 11 is 3.12. The molecule has 6 heteroatoms. The van der Waals surface area contributed by atoms with E-state index in [0.29, 0.717) is 4.88 Å². The SMILES string of the molecule is CC(C)n1c(-c2cccs2)ccc1-c1ccc(C(C#N)=C(C#N)C#N)s1. The van der Waals surface area contributed by atoms with Crippen LogP contribution >= 0.6 is 22.7 Å². The third kappa shape index (κ3) is 3.07. The monoisotopic (exact) mass is 374 g/mol. The van der Waals surface area contributed by atoms with Crippen LogP contribution in [-0.2, 0) is 0 Å². The Morgan fingerprint density at radius 3 is 2.15 bits per heavy atom. The molecule has 0 aromatic carbocycles. The summed E-state index contributed by atoms with van der Waals surface area (Å²) in [7, 11) is 0. The van der Waals surface area contributed by atoms with Gasteiger partial charge in [-0.05, 0) is 49.6 Å². The Morgan fingerprint density at radius 2 is 1.62 bits per heavy atom. The third-order valence-corrected chi connectivity index (χ3v) is 5.92. The average Bonchev–Trinajstić information content (AvgIpc) is 3.38. The number of thiophene rings is 2. The molecule has 0 N–H and O–H groups in total. The second-order valence-electron chi connectivity index (χ2n) is 5.79. The third-order valence-electron chi connectivity index (χ3n) is 3.90. The van der Waals surface area contributed by atoms with E-state index in [-0.39, 0.29) is 17.2 Å². The smallest absolute Gasteiger partial charge is 0.148 e. The molecular formula is C20H14N4S2. The zero-order valence-corrected chi connectivity index (χ0v) is 15.9. The van der Waals surface area contributed by atoms with Gasteiger partial charge in [0.1, 0.15) is 23.8 Å². The lowest BCUT2D eigenvalue weighted by Crippen LogP contribution is -2.03. The largest absolute Gasteiger partial charge is 0.337 e. The van der Waals surface area contributed by atoms with Crippen LogP contribution in [0.2, 0.25) is 0 Å². The minimum Gasteiger partial charge on any atom is -0.337 e. The number of hydrogen-bond acceptors (Lipinski definition) is 5. The number of nitriles is 3. The van der Waals surface area contributed by atoms with E-state index in [9.17, 15) is 5.26 Å². The molecule has 0 fully saturated rings. The van der Waals surface area contributed by atoms with Crippen molar-refractivity contribution in [3.05, 3.63) is 52.2 Å². The molecule has 3 aromatic rings. The number of rotatable bonds is 4. The molecule has 0 spiro atoms. The first-order chi connectivity index (χ1) is 12.6. The summed E-state index contributed by atoms with van der Waals surface area (Å²) in [5.41, 5.74) is 2.20. The van der Waals surface area contributed by atoms with E-state index >= 15 is 0 Å². The molecule has 0 saturated heterocycles. The number of nitrogens with zero attached hydrogens (tertiary/aromatic N) is 4. The normalized spacial score (nSPS) is 10.2. The molecule has 0 bridgehead atoms. The predicted octanol–water partition coefficient (Wildman–Crippen LogP) is 5.85. The molecule has 4 nitrogen and oxygen atoms in total. The van der Waals surface area contributed by atoms with Gasteiger partial charge in [-0.3, -0.25) is 0 Å². The van der Waals surface area contributed by atoms with Crippen molar-refractivity contribution in [1.82, 2.24) is 4.57 Å². The first kappa shape index (κ1) is 17.7. The van der Waals surface area contributed by atoms with Gasteiger partial charge >= 0.3 is 0 Å². The van der Waals surface area contributed by atoms with E-state index in [2.05, 4.69) is 42.0 Å². The minimum absolute atomic E-state index is 0.132. The first-order valence-electron chi connectivity index (χ1n) is 7.91. The molecule has 0 aliphatic heterocycles. The Morgan fingerprint density at radius 1 is 0.923 bits per heavy atom. The van der Waals surface area contributed by atoms with Crippen LogP contribution in [0.1, 0.15) is 24.8 Å². The van der Waals surface area contributed by atoms with E-state index in [1.165, 1.54) is 16.2 Å². The van der Waals surface area contributed by atoms with Gasteiger partial charge < -0.3 is 4.57 Å². The van der Waals surface area contributed by atoms with Gasteiger partial charge in [0.15, 0.2) is 0 Å². The predicted molar refractivity (Wildman–Crippen MR) is 105 cm³/mol. The second kappa shape index (κ2) is 7.42. The fourth-order valence-electron chi connectivity index (χ4n) is 2.81. The number of aromatic nitrogens is 1. The lowest BCUT2D eigenvalue weighted by atomic mass is 10.1. The molecule has 0 amide bonds. The molecule has 0 atom stereocenters. The van der Waals surface area contributed by atoms with Gasteiger partial charge in [-0.2, -0.15) is 15.8 Å². The Labute approximate surface area is 160 Å². The van der Waals surface area contributed by atoms with E-state index in [4.69, 9.17) is 10.5 Å². The maximum absolute atomic E-state index is 9.36. The lowest BCUT2D eigenvalue weighted by Gasteiger charge is -2.16. The van der Waals surface area contributed by atoms with Gasteiger partial charge in [-0.25, -0.2) is 0 Å². The highest BCUT2D eigenvalue weighted by atomic mass is 32.1. The topological polar surface area (TPSA) is 76.3 Å². The molecule has 26 heavy (non-hydrogen) atoms. The molecule has 0 aliphatic carbocycles. The van der Waals surface area contributed by atoms with Crippen molar-refractivity contribution in [3.8, 4) is 39.3 Å². The second-order valence-corrected chi connectivity index (χ2v) is 7.83. The van der Waals surface area contributed by atoms with Gasteiger partial charge in [0.05, 0.1) is 26.7 Å². The Bertz CT molecular complexity index is 1070. The maximum Gasteiger partial charge on any atom is 0.148 e. The van der Waals surface area contributed by atoms with Gasteiger partial charge in [0.25, 0.3) is 0 Å². The Balaban J connectivity index is 2.12. The highest BCUT2D eigenvalue weighted by Crippen LogP contribution is 2.38. The summed E-state index contributed by atoms with van der Waals surface area (Å²) in [6, 6.07) is 17.9. The average molecular weight is 374 g/mol. The van der Waals surface area contributed by atoms with Crippen LogP contribution in [0.4, 0.5) is 0 Å². The van der Waals surface area contributed by atoms with E-state index in [0.717, 1.165) is 16.3 Å². The summed E-state index contributed by atoms with van der Waals surface area (Å²) in [5, 5.41) is 29.5. The molecule has 3 heterocycles. The van der Waals surface area contributed by atoms with Crippen LogP contribution in [-0.4, -0.2) is 4.57 Å². The van der Waals surface area contributed by atoms with Crippen LogP contribution in [0.3, 0.4) is 0 Å². The minimum atomic E-state index is -0.153. The van der Waals surface area contributed by atoms with Crippen LogP contribution in [0, 0.1) is 34.0 Å². The summed E-state index contributed by atoms with van der Waals surface area (Å²) in [6.07, 6.45) is 0. The van der Waals surface area contributed by atoms with Crippen molar-refractivity contribution in [2.24, 2.45) is 0 Å². The highest BCUT2D eigenvalue weighted by Gasteiger charge is 2.18. The van der Waals surface area contributed by atoms with Gasteiger partial charge in [-0.15, -0.1) is 22.7 Å². The van der Waals surface area contributed by atoms with Crippen LogP contribution < -0.4 is 0 Å². The summed E-state index contributed by atoms with van der Waals surface area (Å²) < 4.78 is 2.27. The van der Waals surface area contributed by atoms with Gasteiger partial charge in [0.2, 0.25) is 0 Å². The molecule has 0 aliphatic rings. The summed E-state index contributed by atoms with van der Waals surface area (Å²) in [5.74, 6) is 0. The standard InChI is InChI=1S/C20H14N4S2/c1-13(2)24-16(19-4-3-9-25-19)5-6-17(24)20-8-7-18(26-20)15(12-23)14(10-21)11-22/h3-9,13H,1-2H3. The Hall–Kier alpha value is -3.11. The highest BCUT2D eigenvalue weighted by molar-refractivity contribution is 7.16. The van der Waals surface area contributed by atoms with Crippen molar-refractivity contribution in [2.75, 3.05) is 0 Å². The van der Waals surface area contributed by atoms with Crippen molar-refractivity contribution < 1.29 is 0 Å². The Kier molecular flexibility index (Phi) is 5.05. The van der Waals surface area contributed by atoms with E-state index in [1.807, 2.05) is 18.2 Å².